The van der Waals surface area contributed by atoms with Crippen molar-refractivity contribution in [1.82, 2.24) is 29.5 Å². The molecule has 9 nitrogen and oxygen atoms in total. The van der Waals surface area contributed by atoms with Gasteiger partial charge in [-0.3, -0.25) is 9.97 Å². The molecule has 0 spiro atoms. The van der Waals surface area contributed by atoms with E-state index < -0.39 is 10.0 Å². The second-order valence-corrected chi connectivity index (χ2v) is 8.98. The number of benzene rings is 1. The highest BCUT2D eigenvalue weighted by Gasteiger charge is 2.34. The van der Waals surface area contributed by atoms with E-state index in [4.69, 9.17) is 4.42 Å². The Kier molecular flexibility index (Phi) is 4.72. The fraction of sp³-hybridized carbons (Fsp3) is 0.250. The van der Waals surface area contributed by atoms with Crippen LogP contribution in [-0.4, -0.2) is 51.0 Å². The van der Waals surface area contributed by atoms with Crippen LogP contribution in [0, 0.1) is 0 Å². The van der Waals surface area contributed by atoms with Crippen molar-refractivity contribution in [1.29, 1.82) is 0 Å². The third kappa shape index (κ3) is 3.33. The van der Waals surface area contributed by atoms with Crippen LogP contribution in [0.1, 0.15) is 24.7 Å². The number of nitrogens with zero attached hydrogens (tertiary/aromatic N) is 6. The Hall–Kier alpha value is -3.24. The van der Waals surface area contributed by atoms with Crippen molar-refractivity contribution < 1.29 is 12.8 Å². The van der Waals surface area contributed by atoms with E-state index in [0.29, 0.717) is 30.1 Å². The van der Waals surface area contributed by atoms with Gasteiger partial charge in [0, 0.05) is 37.1 Å². The Balaban J connectivity index is 1.43. The first-order valence-corrected chi connectivity index (χ1v) is 11.0. The molecule has 1 aliphatic rings. The minimum atomic E-state index is -3.72. The predicted molar refractivity (Wildman–Crippen MR) is 108 cm³/mol. The molecule has 0 amide bonds. The minimum Gasteiger partial charge on any atom is -0.419 e. The molecular formula is C20H18N6O3S. The zero-order valence-electron chi connectivity index (χ0n) is 15.9. The molecule has 0 saturated carbocycles. The van der Waals surface area contributed by atoms with Gasteiger partial charge in [0.25, 0.3) is 5.89 Å². The summed E-state index contributed by atoms with van der Waals surface area (Å²) in [5.74, 6) is 0.498. The van der Waals surface area contributed by atoms with Crippen molar-refractivity contribution in [2.24, 2.45) is 0 Å². The summed E-state index contributed by atoms with van der Waals surface area (Å²) in [7, 11) is -3.72. The van der Waals surface area contributed by atoms with Crippen LogP contribution in [0.4, 0.5) is 0 Å². The lowest BCUT2D eigenvalue weighted by Crippen LogP contribution is -2.39. The number of fused-ring (bicyclic) bond motifs is 1. The van der Waals surface area contributed by atoms with Crippen LogP contribution in [0.2, 0.25) is 0 Å². The normalized spacial score (nSPS) is 17.9. The molecule has 1 aliphatic heterocycles. The average molecular weight is 422 g/mol. The average Bonchev–Trinajstić information content (AvgIpc) is 3.30. The SMILES string of the molecule is O=S(=O)(c1cccc2cccnc12)N1CCCC(c2nnc(-c3cnccn3)o2)C1. The first-order chi connectivity index (χ1) is 14.6. The zero-order chi connectivity index (χ0) is 20.6. The minimum absolute atomic E-state index is 0.186. The van der Waals surface area contributed by atoms with E-state index >= 15 is 0 Å². The van der Waals surface area contributed by atoms with Crippen molar-refractivity contribution in [3.8, 4) is 11.6 Å². The number of rotatable bonds is 4. The number of hydrogen-bond acceptors (Lipinski definition) is 8. The van der Waals surface area contributed by atoms with Crippen molar-refractivity contribution in [2.75, 3.05) is 13.1 Å². The van der Waals surface area contributed by atoms with E-state index in [-0.39, 0.29) is 23.2 Å². The molecule has 1 fully saturated rings. The summed E-state index contributed by atoms with van der Waals surface area (Å²) in [4.78, 5) is 12.7. The maximum atomic E-state index is 13.4. The van der Waals surface area contributed by atoms with Crippen LogP contribution in [0.3, 0.4) is 0 Å². The monoisotopic (exact) mass is 422 g/mol. The third-order valence-corrected chi connectivity index (χ3v) is 7.07. The van der Waals surface area contributed by atoms with Gasteiger partial charge in [-0.05, 0) is 25.0 Å². The van der Waals surface area contributed by atoms with Gasteiger partial charge in [0.2, 0.25) is 15.9 Å². The van der Waals surface area contributed by atoms with E-state index in [1.54, 1.807) is 43.0 Å². The van der Waals surface area contributed by atoms with Crippen molar-refractivity contribution in [2.45, 2.75) is 23.7 Å². The van der Waals surface area contributed by atoms with Crippen LogP contribution in [0.5, 0.6) is 0 Å². The summed E-state index contributed by atoms with van der Waals surface area (Å²) >= 11 is 0. The summed E-state index contributed by atoms with van der Waals surface area (Å²) in [5, 5.41) is 8.98. The number of aromatic nitrogens is 5. The molecular weight excluding hydrogens is 404 g/mol. The zero-order valence-corrected chi connectivity index (χ0v) is 16.7. The maximum absolute atomic E-state index is 13.4. The van der Waals surface area contributed by atoms with Gasteiger partial charge in [-0.15, -0.1) is 10.2 Å². The van der Waals surface area contributed by atoms with Crippen LogP contribution in [0.15, 0.2) is 64.4 Å². The molecule has 1 atom stereocenters. The van der Waals surface area contributed by atoms with Gasteiger partial charge in [0.1, 0.15) is 10.6 Å². The molecule has 5 rings (SSSR count). The Morgan fingerprint density at radius 3 is 2.80 bits per heavy atom. The molecule has 4 heterocycles. The van der Waals surface area contributed by atoms with Crippen molar-refractivity contribution in [3.63, 3.8) is 0 Å². The van der Waals surface area contributed by atoms with Crippen LogP contribution in [-0.2, 0) is 10.0 Å². The number of hydrogen-bond donors (Lipinski definition) is 0. The van der Waals surface area contributed by atoms with Crippen molar-refractivity contribution >= 4 is 20.9 Å². The Morgan fingerprint density at radius 1 is 1.03 bits per heavy atom. The Labute approximate surface area is 172 Å². The summed E-state index contributed by atoms with van der Waals surface area (Å²) in [6.45, 7) is 0.709. The van der Waals surface area contributed by atoms with E-state index in [2.05, 4.69) is 25.1 Å². The molecule has 1 unspecified atom stereocenters. The highest BCUT2D eigenvalue weighted by molar-refractivity contribution is 7.89. The van der Waals surface area contributed by atoms with Gasteiger partial charge in [0.05, 0.1) is 17.6 Å². The summed E-state index contributed by atoms with van der Waals surface area (Å²) in [6.07, 6.45) is 7.72. The van der Waals surface area contributed by atoms with Crippen LogP contribution in [0.25, 0.3) is 22.5 Å². The van der Waals surface area contributed by atoms with Gasteiger partial charge in [0.15, 0.2) is 0 Å². The Bertz CT molecular complexity index is 1290. The standard InChI is InChI=1S/C20H18N6O3S/c27-30(28,17-7-1-4-14-5-2-8-23-18(14)17)26-11-3-6-15(13-26)19-24-25-20(29-19)16-12-21-9-10-22-16/h1-2,4-5,7-10,12,15H,3,6,11,13H2. The number of pyridine rings is 1. The smallest absolute Gasteiger partial charge is 0.267 e. The van der Waals surface area contributed by atoms with Crippen molar-refractivity contribution in [3.05, 3.63) is 61.0 Å². The van der Waals surface area contributed by atoms with E-state index in [1.807, 2.05) is 12.1 Å². The van der Waals surface area contributed by atoms with E-state index in [1.165, 1.54) is 4.31 Å². The topological polar surface area (TPSA) is 115 Å². The fourth-order valence-electron chi connectivity index (χ4n) is 3.70. The van der Waals surface area contributed by atoms with Crippen LogP contribution < -0.4 is 0 Å². The van der Waals surface area contributed by atoms with E-state index in [0.717, 1.165) is 11.8 Å². The molecule has 0 bridgehead atoms. The predicted octanol–water partition coefficient (Wildman–Crippen LogP) is 2.64. The molecule has 10 heteroatoms. The highest BCUT2D eigenvalue weighted by Crippen LogP contribution is 2.32. The molecule has 1 saturated heterocycles. The first-order valence-electron chi connectivity index (χ1n) is 9.56. The number of para-hydroxylation sites is 1. The molecule has 0 N–H and O–H groups in total. The lowest BCUT2D eigenvalue weighted by Gasteiger charge is -2.30. The number of piperidine rings is 1. The summed E-state index contributed by atoms with van der Waals surface area (Å²) < 4.78 is 34.1. The van der Waals surface area contributed by atoms with Crippen LogP contribution >= 0.6 is 0 Å². The molecule has 152 valence electrons. The first kappa shape index (κ1) is 18.8. The third-order valence-electron chi connectivity index (χ3n) is 5.17. The van der Waals surface area contributed by atoms with E-state index in [9.17, 15) is 8.42 Å². The molecule has 1 aromatic carbocycles. The second-order valence-electron chi connectivity index (χ2n) is 7.07. The Morgan fingerprint density at radius 2 is 1.93 bits per heavy atom. The largest absolute Gasteiger partial charge is 0.419 e. The molecule has 4 aromatic rings. The fourth-order valence-corrected chi connectivity index (χ4v) is 5.39. The number of sulfonamides is 1. The molecule has 0 radical (unpaired) electrons. The van der Waals surface area contributed by atoms with Gasteiger partial charge in [-0.1, -0.05) is 18.2 Å². The summed E-state index contributed by atoms with van der Waals surface area (Å²) in [5.41, 5.74) is 0.961. The molecule has 3 aromatic heterocycles. The lowest BCUT2D eigenvalue weighted by molar-refractivity contribution is 0.286. The van der Waals surface area contributed by atoms with Gasteiger partial charge >= 0.3 is 0 Å². The van der Waals surface area contributed by atoms with Gasteiger partial charge in [-0.25, -0.2) is 13.4 Å². The summed E-state index contributed by atoms with van der Waals surface area (Å²) in [6, 6.07) is 8.84. The highest BCUT2D eigenvalue weighted by atomic mass is 32.2. The lowest BCUT2D eigenvalue weighted by atomic mass is 10.00. The maximum Gasteiger partial charge on any atom is 0.267 e. The van der Waals surface area contributed by atoms with Gasteiger partial charge < -0.3 is 4.42 Å². The second kappa shape index (κ2) is 7.54. The van der Waals surface area contributed by atoms with Gasteiger partial charge in [-0.2, -0.15) is 4.31 Å². The molecule has 0 aliphatic carbocycles. The quantitative estimate of drug-likeness (QED) is 0.493. The molecule has 30 heavy (non-hydrogen) atoms.